The summed E-state index contributed by atoms with van der Waals surface area (Å²) >= 11 is 0. The summed E-state index contributed by atoms with van der Waals surface area (Å²) in [6.07, 6.45) is 4.59. The maximum Gasteiger partial charge on any atom is 0.222 e. The van der Waals surface area contributed by atoms with Gasteiger partial charge in [-0.2, -0.15) is 0 Å². The molecule has 0 aromatic heterocycles. The highest BCUT2D eigenvalue weighted by Gasteiger charge is 2.41. The van der Waals surface area contributed by atoms with E-state index < -0.39 is 0 Å². The monoisotopic (exact) mass is 332 g/mol. The average molecular weight is 332 g/mol. The van der Waals surface area contributed by atoms with Crippen LogP contribution in [0.3, 0.4) is 0 Å². The van der Waals surface area contributed by atoms with Gasteiger partial charge in [0.15, 0.2) is 0 Å². The number of carbonyl (C=O) groups is 1. The lowest BCUT2D eigenvalue weighted by molar-refractivity contribution is -0.139. The van der Waals surface area contributed by atoms with E-state index in [0.717, 1.165) is 44.6 Å². The van der Waals surface area contributed by atoms with Gasteiger partial charge in [-0.05, 0) is 49.9 Å². The second-order valence-corrected chi connectivity index (χ2v) is 7.38. The minimum absolute atomic E-state index is 0.139. The Morgan fingerprint density at radius 1 is 1.21 bits per heavy atom. The fourth-order valence-corrected chi connectivity index (χ4v) is 4.26. The van der Waals surface area contributed by atoms with E-state index in [2.05, 4.69) is 11.0 Å². The summed E-state index contributed by atoms with van der Waals surface area (Å²) in [7, 11) is 0. The van der Waals surface area contributed by atoms with Crippen molar-refractivity contribution in [3.8, 4) is 5.75 Å². The molecule has 24 heavy (non-hydrogen) atoms. The van der Waals surface area contributed by atoms with Gasteiger partial charge in [0, 0.05) is 44.6 Å². The third-order valence-corrected chi connectivity index (χ3v) is 5.39. The number of amides is 1. The molecule has 132 valence electrons. The van der Waals surface area contributed by atoms with Crippen LogP contribution >= 0.6 is 0 Å². The highest BCUT2D eigenvalue weighted by molar-refractivity contribution is 5.77. The van der Waals surface area contributed by atoms with Gasteiger partial charge >= 0.3 is 0 Å². The van der Waals surface area contributed by atoms with Crippen LogP contribution in [0.25, 0.3) is 0 Å². The highest BCUT2D eigenvalue weighted by Crippen LogP contribution is 2.39. The Hall–Kier alpha value is -1.59. The van der Waals surface area contributed by atoms with Gasteiger partial charge in [-0.15, -0.1) is 0 Å². The van der Waals surface area contributed by atoms with Crippen molar-refractivity contribution >= 4 is 5.91 Å². The molecule has 0 radical (unpaired) electrons. The van der Waals surface area contributed by atoms with Crippen molar-refractivity contribution < 1.29 is 15.0 Å². The van der Waals surface area contributed by atoms with Crippen LogP contribution in [0.4, 0.5) is 0 Å². The number of aliphatic hydroxyl groups excluding tert-OH is 1. The molecule has 0 unspecified atom stereocenters. The predicted octanol–water partition coefficient (Wildman–Crippen LogP) is 1.98. The van der Waals surface area contributed by atoms with Crippen molar-refractivity contribution in [2.45, 2.75) is 38.6 Å². The van der Waals surface area contributed by atoms with Crippen LogP contribution in [0, 0.1) is 5.41 Å². The predicted molar refractivity (Wildman–Crippen MR) is 92.6 cm³/mol. The maximum atomic E-state index is 12.1. The molecule has 1 spiro atoms. The van der Waals surface area contributed by atoms with Crippen molar-refractivity contribution in [2.75, 3.05) is 32.8 Å². The number of phenolic OH excluding ortho intramolecular Hbond substituents is 1. The fourth-order valence-electron chi connectivity index (χ4n) is 4.26. The molecule has 2 fully saturated rings. The second-order valence-electron chi connectivity index (χ2n) is 7.38. The molecule has 2 heterocycles. The van der Waals surface area contributed by atoms with Crippen LogP contribution in [0.15, 0.2) is 24.3 Å². The van der Waals surface area contributed by atoms with Crippen LogP contribution in [0.5, 0.6) is 5.75 Å². The average Bonchev–Trinajstić information content (AvgIpc) is 2.56. The van der Waals surface area contributed by atoms with Crippen LogP contribution in [-0.4, -0.2) is 58.7 Å². The van der Waals surface area contributed by atoms with Gasteiger partial charge in [-0.1, -0.05) is 12.1 Å². The van der Waals surface area contributed by atoms with Crippen LogP contribution in [-0.2, 0) is 11.3 Å². The first-order valence-electron chi connectivity index (χ1n) is 8.99. The number of phenols is 1. The van der Waals surface area contributed by atoms with E-state index in [1.807, 2.05) is 17.0 Å². The lowest BCUT2D eigenvalue weighted by Crippen LogP contribution is -2.54. The SMILES string of the molecule is O=C1CC[C@]2(CCCN(Cc3cccc(O)c3)C2)CN1CCCO. The van der Waals surface area contributed by atoms with Crippen molar-refractivity contribution in [3.63, 3.8) is 0 Å². The number of rotatable bonds is 5. The molecule has 5 heteroatoms. The summed E-state index contributed by atoms with van der Waals surface area (Å²) < 4.78 is 0. The molecular weight excluding hydrogens is 304 g/mol. The van der Waals surface area contributed by atoms with Crippen molar-refractivity contribution in [1.29, 1.82) is 0 Å². The Balaban J connectivity index is 1.64. The van der Waals surface area contributed by atoms with Crippen LogP contribution in [0.2, 0.25) is 0 Å². The van der Waals surface area contributed by atoms with E-state index >= 15 is 0 Å². The van der Waals surface area contributed by atoms with E-state index in [1.165, 1.54) is 6.42 Å². The van der Waals surface area contributed by atoms with Gasteiger partial charge in [0.1, 0.15) is 5.75 Å². The van der Waals surface area contributed by atoms with E-state index in [9.17, 15) is 9.90 Å². The van der Waals surface area contributed by atoms with Crippen molar-refractivity contribution in [1.82, 2.24) is 9.80 Å². The Labute approximate surface area is 143 Å². The minimum Gasteiger partial charge on any atom is -0.508 e. The molecule has 2 aliphatic heterocycles. The number of benzene rings is 1. The lowest BCUT2D eigenvalue weighted by Gasteiger charge is -2.48. The molecule has 3 rings (SSSR count). The number of hydrogen-bond donors (Lipinski definition) is 2. The van der Waals surface area contributed by atoms with Crippen molar-refractivity contribution in [3.05, 3.63) is 29.8 Å². The first kappa shape index (κ1) is 17.2. The molecule has 2 saturated heterocycles. The minimum atomic E-state index is 0.139. The summed E-state index contributed by atoms with van der Waals surface area (Å²) in [4.78, 5) is 16.6. The lowest BCUT2D eigenvalue weighted by atomic mass is 9.73. The maximum absolute atomic E-state index is 12.1. The van der Waals surface area contributed by atoms with Gasteiger partial charge in [0.2, 0.25) is 5.91 Å². The molecule has 0 bridgehead atoms. The molecular formula is C19H28N2O3. The largest absolute Gasteiger partial charge is 0.508 e. The number of aliphatic hydroxyl groups is 1. The van der Waals surface area contributed by atoms with Crippen LogP contribution in [0.1, 0.15) is 37.7 Å². The van der Waals surface area contributed by atoms with Gasteiger partial charge in [0.25, 0.3) is 0 Å². The zero-order chi connectivity index (χ0) is 17.0. The number of likely N-dealkylation sites (tertiary alicyclic amines) is 2. The Bertz CT molecular complexity index is 577. The number of carbonyl (C=O) groups excluding carboxylic acids is 1. The molecule has 2 aliphatic rings. The van der Waals surface area contributed by atoms with Gasteiger partial charge in [-0.25, -0.2) is 0 Å². The summed E-state index contributed by atoms with van der Waals surface area (Å²) in [6.45, 7) is 4.56. The van der Waals surface area contributed by atoms with Gasteiger partial charge in [-0.3, -0.25) is 9.69 Å². The molecule has 0 aliphatic carbocycles. The van der Waals surface area contributed by atoms with Gasteiger partial charge in [0.05, 0.1) is 0 Å². The summed E-state index contributed by atoms with van der Waals surface area (Å²) in [5.41, 5.74) is 1.33. The molecule has 0 saturated carbocycles. The third-order valence-electron chi connectivity index (χ3n) is 5.39. The van der Waals surface area contributed by atoms with E-state index in [-0.39, 0.29) is 17.9 Å². The molecule has 2 N–H and O–H groups in total. The molecule has 1 aromatic carbocycles. The third kappa shape index (κ3) is 4.08. The summed E-state index contributed by atoms with van der Waals surface area (Å²) in [5, 5.41) is 18.7. The van der Waals surface area contributed by atoms with E-state index in [0.29, 0.717) is 25.1 Å². The first-order chi connectivity index (χ1) is 11.6. The number of piperidine rings is 2. The molecule has 5 nitrogen and oxygen atoms in total. The number of nitrogens with zero attached hydrogens (tertiary/aromatic N) is 2. The number of hydrogen-bond acceptors (Lipinski definition) is 4. The topological polar surface area (TPSA) is 64.0 Å². The van der Waals surface area contributed by atoms with Crippen LogP contribution < -0.4 is 0 Å². The smallest absolute Gasteiger partial charge is 0.222 e. The van der Waals surface area contributed by atoms with E-state index in [1.54, 1.807) is 6.07 Å². The fraction of sp³-hybridized carbons (Fsp3) is 0.632. The zero-order valence-electron chi connectivity index (χ0n) is 14.3. The molecule has 1 atom stereocenters. The highest BCUT2D eigenvalue weighted by atomic mass is 16.3. The Morgan fingerprint density at radius 3 is 2.88 bits per heavy atom. The second kappa shape index (κ2) is 7.53. The number of aromatic hydroxyl groups is 1. The molecule has 1 aromatic rings. The zero-order valence-corrected chi connectivity index (χ0v) is 14.3. The summed E-state index contributed by atoms with van der Waals surface area (Å²) in [6, 6.07) is 7.48. The quantitative estimate of drug-likeness (QED) is 0.865. The Kier molecular flexibility index (Phi) is 5.41. The summed E-state index contributed by atoms with van der Waals surface area (Å²) in [5.74, 6) is 0.553. The van der Waals surface area contributed by atoms with Crippen molar-refractivity contribution in [2.24, 2.45) is 5.41 Å². The standard InChI is InChI=1S/C19H28N2O3/c22-11-3-10-21-15-19(8-6-18(21)24)7-2-9-20(14-19)13-16-4-1-5-17(23)12-16/h1,4-5,12,22-23H,2-3,6-11,13-15H2/t19-/m0/s1. The normalized spacial score (nSPS) is 25.4. The molecule has 1 amide bonds. The Morgan fingerprint density at radius 2 is 2.08 bits per heavy atom. The van der Waals surface area contributed by atoms with E-state index in [4.69, 9.17) is 5.11 Å². The first-order valence-corrected chi connectivity index (χ1v) is 8.99. The van der Waals surface area contributed by atoms with Gasteiger partial charge < -0.3 is 15.1 Å².